The minimum absolute atomic E-state index is 0.0836. The van der Waals surface area contributed by atoms with Gasteiger partial charge in [-0.3, -0.25) is 4.79 Å². The molecule has 0 unspecified atom stereocenters. The van der Waals surface area contributed by atoms with E-state index < -0.39 is 0 Å². The second kappa shape index (κ2) is 4.17. The van der Waals surface area contributed by atoms with Crippen LogP contribution in [0.1, 0.15) is 12.0 Å². The van der Waals surface area contributed by atoms with E-state index in [0.717, 1.165) is 11.9 Å². The number of fused-ring (bicyclic) bond motifs is 1. The number of nitrogens with one attached hydrogen (secondary N) is 2. The molecule has 0 atom stereocenters. The van der Waals surface area contributed by atoms with Gasteiger partial charge in [0.25, 0.3) is 0 Å². The maximum Gasteiger partial charge on any atom is 0.220 e. The van der Waals surface area contributed by atoms with Crippen molar-refractivity contribution in [1.82, 2.24) is 10.3 Å². The number of aryl methyl sites for hydroxylation is 1. The standard InChI is InChI=1S/C12H14N2O/c1-13-12(15)7-6-9-8-14-11-5-3-2-4-10(9)11/h2-5,8,14H,6-7H2,1H3,(H,13,15). The number of amides is 1. The van der Waals surface area contributed by atoms with E-state index in [9.17, 15) is 4.79 Å². The van der Waals surface area contributed by atoms with Crippen LogP contribution < -0.4 is 5.32 Å². The van der Waals surface area contributed by atoms with Crippen molar-refractivity contribution < 1.29 is 4.79 Å². The molecule has 0 fully saturated rings. The number of para-hydroxylation sites is 1. The lowest BCUT2D eigenvalue weighted by molar-refractivity contribution is -0.120. The fourth-order valence-electron chi connectivity index (χ4n) is 1.71. The Kier molecular flexibility index (Phi) is 2.72. The SMILES string of the molecule is CNC(=O)CCc1c[nH]c2ccccc12. The lowest BCUT2D eigenvalue weighted by atomic mass is 10.1. The second-order valence-electron chi connectivity index (χ2n) is 3.53. The number of rotatable bonds is 3. The first-order chi connectivity index (χ1) is 7.31. The van der Waals surface area contributed by atoms with Crippen LogP contribution >= 0.6 is 0 Å². The summed E-state index contributed by atoms with van der Waals surface area (Å²) in [7, 11) is 1.66. The van der Waals surface area contributed by atoms with Crippen molar-refractivity contribution in [2.75, 3.05) is 7.05 Å². The van der Waals surface area contributed by atoms with Crippen LogP contribution in [0.4, 0.5) is 0 Å². The van der Waals surface area contributed by atoms with Gasteiger partial charge >= 0.3 is 0 Å². The number of H-pyrrole nitrogens is 1. The summed E-state index contributed by atoms with van der Waals surface area (Å²) < 4.78 is 0. The molecule has 1 aromatic heterocycles. The first-order valence-corrected chi connectivity index (χ1v) is 5.07. The molecule has 0 saturated heterocycles. The van der Waals surface area contributed by atoms with Gasteiger partial charge in [-0.15, -0.1) is 0 Å². The molecule has 15 heavy (non-hydrogen) atoms. The van der Waals surface area contributed by atoms with Gasteiger partial charge in [0, 0.05) is 30.6 Å². The van der Waals surface area contributed by atoms with Crippen molar-refractivity contribution >= 4 is 16.8 Å². The summed E-state index contributed by atoms with van der Waals surface area (Å²) in [6.45, 7) is 0. The van der Waals surface area contributed by atoms with Crippen molar-refractivity contribution in [3.63, 3.8) is 0 Å². The van der Waals surface area contributed by atoms with Crippen molar-refractivity contribution in [2.45, 2.75) is 12.8 Å². The zero-order chi connectivity index (χ0) is 10.7. The van der Waals surface area contributed by atoms with Crippen LogP contribution in [0, 0.1) is 0 Å². The van der Waals surface area contributed by atoms with Crippen LogP contribution in [0.15, 0.2) is 30.5 Å². The molecule has 1 amide bonds. The van der Waals surface area contributed by atoms with Gasteiger partial charge < -0.3 is 10.3 Å². The molecule has 78 valence electrons. The zero-order valence-electron chi connectivity index (χ0n) is 8.71. The number of hydrogen-bond acceptors (Lipinski definition) is 1. The van der Waals surface area contributed by atoms with E-state index >= 15 is 0 Å². The highest BCUT2D eigenvalue weighted by atomic mass is 16.1. The monoisotopic (exact) mass is 202 g/mol. The Balaban J connectivity index is 2.18. The maximum atomic E-state index is 11.1. The highest BCUT2D eigenvalue weighted by Gasteiger charge is 2.04. The summed E-state index contributed by atoms with van der Waals surface area (Å²) in [6, 6.07) is 8.13. The van der Waals surface area contributed by atoms with E-state index in [4.69, 9.17) is 0 Å². The lowest BCUT2D eigenvalue weighted by Gasteiger charge is -1.98. The van der Waals surface area contributed by atoms with E-state index in [1.165, 1.54) is 10.9 Å². The summed E-state index contributed by atoms with van der Waals surface area (Å²) in [4.78, 5) is 14.3. The van der Waals surface area contributed by atoms with Gasteiger partial charge in [-0.1, -0.05) is 18.2 Å². The molecule has 2 N–H and O–H groups in total. The molecule has 1 aromatic carbocycles. The third kappa shape index (κ3) is 2.01. The summed E-state index contributed by atoms with van der Waals surface area (Å²) >= 11 is 0. The number of aromatic nitrogens is 1. The van der Waals surface area contributed by atoms with Gasteiger partial charge in [0.2, 0.25) is 5.91 Å². The maximum absolute atomic E-state index is 11.1. The number of carbonyl (C=O) groups excluding carboxylic acids is 1. The highest BCUT2D eigenvalue weighted by molar-refractivity contribution is 5.84. The summed E-state index contributed by atoms with van der Waals surface area (Å²) in [6.07, 6.45) is 3.30. The molecule has 0 saturated carbocycles. The Bertz CT molecular complexity index is 473. The number of benzene rings is 1. The van der Waals surface area contributed by atoms with Gasteiger partial charge in [-0.05, 0) is 18.1 Å². The molecule has 2 rings (SSSR count). The van der Waals surface area contributed by atoms with Crippen LogP contribution in [0.2, 0.25) is 0 Å². The predicted molar refractivity (Wildman–Crippen MR) is 60.7 cm³/mol. The van der Waals surface area contributed by atoms with E-state index in [0.29, 0.717) is 6.42 Å². The first kappa shape index (κ1) is 9.77. The first-order valence-electron chi connectivity index (χ1n) is 5.07. The normalized spacial score (nSPS) is 10.5. The lowest BCUT2D eigenvalue weighted by Crippen LogP contribution is -2.17. The fraction of sp³-hybridized carbons (Fsp3) is 0.250. The average molecular weight is 202 g/mol. The van der Waals surface area contributed by atoms with Crippen molar-refractivity contribution in [3.05, 3.63) is 36.0 Å². The van der Waals surface area contributed by atoms with E-state index in [2.05, 4.69) is 16.4 Å². The zero-order valence-corrected chi connectivity index (χ0v) is 8.71. The van der Waals surface area contributed by atoms with Crippen LogP contribution in [0.3, 0.4) is 0 Å². The minimum atomic E-state index is 0.0836. The fourth-order valence-corrected chi connectivity index (χ4v) is 1.71. The Morgan fingerprint density at radius 1 is 1.40 bits per heavy atom. The van der Waals surface area contributed by atoms with Crippen LogP contribution in [-0.4, -0.2) is 17.9 Å². The van der Waals surface area contributed by atoms with Crippen molar-refractivity contribution in [2.24, 2.45) is 0 Å². The molecule has 0 spiro atoms. The van der Waals surface area contributed by atoms with Gasteiger partial charge in [-0.2, -0.15) is 0 Å². The predicted octanol–water partition coefficient (Wildman–Crippen LogP) is 1.85. The number of hydrogen-bond donors (Lipinski definition) is 2. The summed E-state index contributed by atoms with van der Waals surface area (Å²) in [5.41, 5.74) is 2.33. The quantitative estimate of drug-likeness (QED) is 0.783. The second-order valence-corrected chi connectivity index (χ2v) is 3.53. The molecule has 2 aromatic rings. The van der Waals surface area contributed by atoms with Gasteiger partial charge in [-0.25, -0.2) is 0 Å². The Labute approximate surface area is 88.5 Å². The third-order valence-electron chi connectivity index (χ3n) is 2.58. The number of carbonyl (C=O) groups is 1. The van der Waals surface area contributed by atoms with E-state index in [-0.39, 0.29) is 5.91 Å². The van der Waals surface area contributed by atoms with Gasteiger partial charge in [0.15, 0.2) is 0 Å². The topological polar surface area (TPSA) is 44.9 Å². The number of aromatic amines is 1. The van der Waals surface area contributed by atoms with Crippen LogP contribution in [0.25, 0.3) is 10.9 Å². The average Bonchev–Trinajstić information content (AvgIpc) is 2.69. The molecular formula is C12H14N2O. The van der Waals surface area contributed by atoms with Crippen molar-refractivity contribution in [3.8, 4) is 0 Å². The molecule has 0 radical (unpaired) electrons. The minimum Gasteiger partial charge on any atom is -0.361 e. The molecule has 0 aliphatic heterocycles. The highest BCUT2D eigenvalue weighted by Crippen LogP contribution is 2.18. The molecule has 3 heteroatoms. The largest absolute Gasteiger partial charge is 0.361 e. The van der Waals surface area contributed by atoms with E-state index in [1.807, 2.05) is 24.4 Å². The van der Waals surface area contributed by atoms with Gasteiger partial charge in [0.05, 0.1) is 0 Å². The Morgan fingerprint density at radius 2 is 2.20 bits per heavy atom. The van der Waals surface area contributed by atoms with Crippen LogP contribution in [0.5, 0.6) is 0 Å². The van der Waals surface area contributed by atoms with Crippen molar-refractivity contribution in [1.29, 1.82) is 0 Å². The van der Waals surface area contributed by atoms with Gasteiger partial charge in [0.1, 0.15) is 0 Å². The molecule has 0 aliphatic carbocycles. The Morgan fingerprint density at radius 3 is 3.00 bits per heavy atom. The van der Waals surface area contributed by atoms with E-state index in [1.54, 1.807) is 7.05 Å². The molecular weight excluding hydrogens is 188 g/mol. The molecule has 0 aliphatic rings. The molecule has 1 heterocycles. The smallest absolute Gasteiger partial charge is 0.220 e. The molecule has 0 bridgehead atoms. The third-order valence-corrected chi connectivity index (χ3v) is 2.58. The summed E-state index contributed by atoms with van der Waals surface area (Å²) in [5, 5.41) is 3.84. The summed E-state index contributed by atoms with van der Waals surface area (Å²) in [5.74, 6) is 0.0836. The van der Waals surface area contributed by atoms with Crippen LogP contribution in [-0.2, 0) is 11.2 Å². The molecule has 3 nitrogen and oxygen atoms in total. The Hall–Kier alpha value is -1.77.